The largest absolute Gasteiger partial charge is 0.397 e. The van der Waals surface area contributed by atoms with Gasteiger partial charge in [-0.25, -0.2) is 13.8 Å². The van der Waals surface area contributed by atoms with Crippen LogP contribution in [0.1, 0.15) is 22.6 Å². The fraction of sp³-hybridized carbons (Fsp3) is 0.143. The fourth-order valence-corrected chi connectivity index (χ4v) is 1.37. The van der Waals surface area contributed by atoms with E-state index in [0.717, 1.165) is 0 Å². The highest BCUT2D eigenvalue weighted by molar-refractivity contribution is 14.1. The van der Waals surface area contributed by atoms with Gasteiger partial charge in [0.15, 0.2) is 6.29 Å². The lowest BCUT2D eigenvalue weighted by Gasteiger charge is -2.05. The van der Waals surface area contributed by atoms with Gasteiger partial charge in [-0.15, -0.1) is 0 Å². The first kappa shape index (κ1) is 10.3. The lowest BCUT2D eigenvalue weighted by molar-refractivity contribution is 0.111. The van der Waals surface area contributed by atoms with E-state index in [-0.39, 0.29) is 11.4 Å². The lowest BCUT2D eigenvalue weighted by Crippen LogP contribution is -2.03. The normalized spacial score (nSPS) is 10.5. The number of hydrogen-bond acceptors (Lipinski definition) is 3. The third kappa shape index (κ3) is 2.11. The number of hydrogen-bond donors (Lipinski definition) is 1. The molecule has 0 aliphatic rings. The van der Waals surface area contributed by atoms with Gasteiger partial charge in [-0.3, -0.25) is 4.79 Å². The number of nitrogens with two attached hydrogens (primary N) is 1. The summed E-state index contributed by atoms with van der Waals surface area (Å²) in [7, 11) is 0. The topological polar surface area (TPSA) is 56.0 Å². The summed E-state index contributed by atoms with van der Waals surface area (Å²) in [4.78, 5) is 13.8. The molecular weight excluding hydrogens is 293 g/mol. The van der Waals surface area contributed by atoms with Crippen molar-refractivity contribution in [3.05, 3.63) is 21.0 Å². The van der Waals surface area contributed by atoms with E-state index in [1.54, 1.807) is 0 Å². The molecule has 1 heterocycles. The van der Waals surface area contributed by atoms with Crippen LogP contribution in [-0.2, 0) is 0 Å². The first-order chi connectivity index (χ1) is 6.06. The maximum absolute atomic E-state index is 12.2. The maximum atomic E-state index is 12.2. The number of halogens is 3. The summed E-state index contributed by atoms with van der Waals surface area (Å²) in [6, 6.07) is 1.30. The average Bonchev–Trinajstić information content (AvgIpc) is 2.03. The van der Waals surface area contributed by atoms with Gasteiger partial charge in [0.05, 0.1) is 5.69 Å². The van der Waals surface area contributed by atoms with Crippen LogP contribution < -0.4 is 5.73 Å². The van der Waals surface area contributed by atoms with Crippen LogP contribution in [0.4, 0.5) is 14.5 Å². The van der Waals surface area contributed by atoms with Gasteiger partial charge in [-0.05, 0) is 28.7 Å². The summed E-state index contributed by atoms with van der Waals surface area (Å²) >= 11 is 1.81. The van der Waals surface area contributed by atoms with Gasteiger partial charge in [0, 0.05) is 3.57 Å². The highest BCUT2D eigenvalue weighted by atomic mass is 127. The Morgan fingerprint density at radius 2 is 2.23 bits per heavy atom. The lowest BCUT2D eigenvalue weighted by atomic mass is 10.2. The molecule has 0 amide bonds. The van der Waals surface area contributed by atoms with Crippen LogP contribution in [0.25, 0.3) is 0 Å². The van der Waals surface area contributed by atoms with Crippen molar-refractivity contribution < 1.29 is 13.6 Å². The Morgan fingerprint density at radius 1 is 1.62 bits per heavy atom. The minimum Gasteiger partial charge on any atom is -0.397 e. The van der Waals surface area contributed by atoms with Crippen LogP contribution in [0.15, 0.2) is 6.07 Å². The first-order valence-corrected chi connectivity index (χ1v) is 4.33. The molecule has 0 aromatic carbocycles. The number of nitrogen functional groups attached to an aromatic ring is 1. The van der Waals surface area contributed by atoms with E-state index in [1.165, 1.54) is 6.07 Å². The number of nitrogens with zero attached hydrogens (tertiary/aromatic N) is 1. The summed E-state index contributed by atoms with van der Waals surface area (Å²) in [6.45, 7) is 0. The van der Waals surface area contributed by atoms with Crippen molar-refractivity contribution in [3.8, 4) is 0 Å². The van der Waals surface area contributed by atoms with Crippen molar-refractivity contribution in [2.75, 3.05) is 5.73 Å². The molecule has 0 atom stereocenters. The predicted molar refractivity (Wildman–Crippen MR) is 51.7 cm³/mol. The van der Waals surface area contributed by atoms with Gasteiger partial charge in [-0.2, -0.15) is 0 Å². The van der Waals surface area contributed by atoms with Crippen LogP contribution >= 0.6 is 22.6 Å². The van der Waals surface area contributed by atoms with E-state index >= 15 is 0 Å². The van der Waals surface area contributed by atoms with Gasteiger partial charge in [0.25, 0.3) is 6.43 Å². The van der Waals surface area contributed by atoms with Gasteiger partial charge in [0.1, 0.15) is 11.4 Å². The molecule has 0 radical (unpaired) electrons. The van der Waals surface area contributed by atoms with Gasteiger partial charge < -0.3 is 5.73 Å². The number of rotatable bonds is 2. The van der Waals surface area contributed by atoms with Crippen molar-refractivity contribution in [1.29, 1.82) is 0 Å². The second kappa shape index (κ2) is 3.95. The molecule has 0 saturated heterocycles. The number of carbonyl (C=O) groups is 1. The molecular formula is C7H5F2IN2O. The Morgan fingerprint density at radius 3 is 2.69 bits per heavy atom. The molecule has 70 valence electrons. The van der Waals surface area contributed by atoms with E-state index in [0.29, 0.717) is 9.86 Å². The zero-order valence-corrected chi connectivity index (χ0v) is 8.46. The van der Waals surface area contributed by atoms with Crippen LogP contribution in [-0.4, -0.2) is 11.3 Å². The van der Waals surface area contributed by atoms with E-state index in [2.05, 4.69) is 4.98 Å². The minimum absolute atomic E-state index is 0.00917. The molecule has 1 aromatic heterocycles. The Balaban J connectivity index is 3.30. The number of carbonyl (C=O) groups excluding carboxylic acids is 1. The number of anilines is 1. The second-order valence-electron chi connectivity index (χ2n) is 2.25. The van der Waals surface area contributed by atoms with E-state index < -0.39 is 12.1 Å². The van der Waals surface area contributed by atoms with E-state index in [9.17, 15) is 13.6 Å². The quantitative estimate of drug-likeness (QED) is 0.671. The minimum atomic E-state index is -2.75. The van der Waals surface area contributed by atoms with Crippen LogP contribution in [0.5, 0.6) is 0 Å². The Labute approximate surface area is 86.5 Å². The summed E-state index contributed by atoms with van der Waals surface area (Å²) in [5, 5.41) is 0. The molecule has 6 heteroatoms. The third-order valence-corrected chi connectivity index (χ3v) is 2.25. The molecule has 1 rings (SSSR count). The second-order valence-corrected chi connectivity index (χ2v) is 3.41. The van der Waals surface area contributed by atoms with Crippen molar-refractivity contribution in [2.24, 2.45) is 0 Å². The molecule has 0 bridgehead atoms. The average molecular weight is 298 g/mol. The summed E-state index contributed by atoms with van der Waals surface area (Å²) in [5.74, 6) is 0. The SMILES string of the molecule is Nc1cc(I)c(C=O)nc1C(F)F. The zero-order chi connectivity index (χ0) is 10.0. The number of alkyl halides is 2. The van der Waals surface area contributed by atoms with Crippen molar-refractivity contribution in [3.63, 3.8) is 0 Å². The van der Waals surface area contributed by atoms with E-state index in [1.807, 2.05) is 22.6 Å². The Kier molecular flexibility index (Phi) is 3.12. The molecule has 0 fully saturated rings. The van der Waals surface area contributed by atoms with Gasteiger partial charge in [0.2, 0.25) is 0 Å². The monoisotopic (exact) mass is 298 g/mol. The molecule has 3 nitrogen and oxygen atoms in total. The fourth-order valence-electron chi connectivity index (χ4n) is 0.790. The Bertz CT molecular complexity index is 344. The van der Waals surface area contributed by atoms with Crippen LogP contribution in [0.2, 0.25) is 0 Å². The molecule has 0 aliphatic heterocycles. The molecule has 0 aliphatic carbocycles. The van der Waals surface area contributed by atoms with Crippen molar-refractivity contribution in [2.45, 2.75) is 6.43 Å². The highest BCUT2D eigenvalue weighted by Gasteiger charge is 2.15. The summed E-state index contributed by atoms with van der Waals surface area (Å²) in [6.07, 6.45) is -2.33. The standard InChI is InChI=1S/C7H5F2IN2O/c8-7(9)6-4(11)1-3(10)5(2-13)12-6/h1-2,7H,11H2. The number of aromatic nitrogens is 1. The smallest absolute Gasteiger partial charge is 0.282 e. The molecule has 0 unspecified atom stereocenters. The highest BCUT2D eigenvalue weighted by Crippen LogP contribution is 2.25. The molecule has 0 saturated carbocycles. The zero-order valence-electron chi connectivity index (χ0n) is 6.30. The molecule has 13 heavy (non-hydrogen) atoms. The number of pyridine rings is 1. The Hall–Kier alpha value is -0.790. The van der Waals surface area contributed by atoms with Crippen molar-refractivity contribution >= 4 is 34.6 Å². The first-order valence-electron chi connectivity index (χ1n) is 3.25. The maximum Gasteiger partial charge on any atom is 0.282 e. The molecule has 1 aromatic rings. The summed E-state index contributed by atoms with van der Waals surface area (Å²) in [5.41, 5.74) is 4.64. The van der Waals surface area contributed by atoms with E-state index in [4.69, 9.17) is 5.73 Å². The van der Waals surface area contributed by atoms with Crippen molar-refractivity contribution in [1.82, 2.24) is 4.98 Å². The van der Waals surface area contributed by atoms with Crippen LogP contribution in [0.3, 0.4) is 0 Å². The van der Waals surface area contributed by atoms with Crippen LogP contribution in [0, 0.1) is 3.57 Å². The predicted octanol–water partition coefficient (Wildman–Crippen LogP) is 2.02. The third-order valence-electron chi connectivity index (χ3n) is 1.38. The van der Waals surface area contributed by atoms with Gasteiger partial charge in [-0.1, -0.05) is 0 Å². The molecule has 0 spiro atoms. The molecule has 2 N–H and O–H groups in total. The summed E-state index contributed by atoms with van der Waals surface area (Å²) < 4.78 is 24.9. The van der Waals surface area contributed by atoms with Gasteiger partial charge >= 0.3 is 0 Å². The number of aldehydes is 1.